The van der Waals surface area contributed by atoms with Crippen LogP contribution in [0.5, 0.6) is 11.6 Å². The summed E-state index contributed by atoms with van der Waals surface area (Å²) in [6.07, 6.45) is 2.85. The second-order valence-electron chi connectivity index (χ2n) is 8.39. The Morgan fingerprint density at radius 1 is 1.12 bits per heavy atom. The second kappa shape index (κ2) is 9.36. The minimum Gasteiger partial charge on any atom is -0.462 e. The number of rotatable bonds is 6. The number of nitrogens with one attached hydrogen (secondary N) is 2. The van der Waals surface area contributed by atoms with Crippen LogP contribution in [0.2, 0.25) is 0 Å². The number of nitrogens with two attached hydrogens (primary N) is 1. The average molecular weight is 478 g/mol. The molecule has 0 saturated carbocycles. The molecule has 3 amide bonds. The molecule has 4 rings (SSSR count). The van der Waals surface area contributed by atoms with Gasteiger partial charge in [0, 0.05) is 17.1 Å². The molecule has 174 valence electrons. The van der Waals surface area contributed by atoms with Crippen LogP contribution >= 0.6 is 11.3 Å². The van der Waals surface area contributed by atoms with E-state index in [-0.39, 0.29) is 16.9 Å². The lowest BCUT2D eigenvalue weighted by Crippen LogP contribution is -2.20. The molecule has 1 aromatic carbocycles. The van der Waals surface area contributed by atoms with Gasteiger partial charge in [0.15, 0.2) is 10.9 Å². The molecule has 0 aliphatic heterocycles. The number of nitrogens with zero attached hydrogens (tertiary/aromatic N) is 2. The van der Waals surface area contributed by atoms with E-state index in [4.69, 9.17) is 14.9 Å². The van der Waals surface area contributed by atoms with E-state index in [1.165, 1.54) is 23.7 Å². The van der Waals surface area contributed by atoms with E-state index >= 15 is 0 Å². The number of primary amides is 1. The van der Waals surface area contributed by atoms with E-state index < -0.39 is 11.9 Å². The number of amides is 3. The summed E-state index contributed by atoms with van der Waals surface area (Å²) < 4.78 is 11.4. The Labute approximate surface area is 200 Å². The summed E-state index contributed by atoms with van der Waals surface area (Å²) in [5.41, 5.74) is 7.24. The Morgan fingerprint density at radius 2 is 1.91 bits per heavy atom. The maximum Gasteiger partial charge on any atom is 0.325 e. The molecule has 4 aromatic rings. The van der Waals surface area contributed by atoms with Crippen LogP contribution in [0.1, 0.15) is 36.7 Å². The number of hydrogen-bond donors (Lipinski definition) is 3. The normalized spacial score (nSPS) is 11.1. The number of pyridine rings is 1. The highest BCUT2D eigenvalue weighted by molar-refractivity contribution is 7.14. The van der Waals surface area contributed by atoms with Crippen molar-refractivity contribution in [3.05, 3.63) is 71.4 Å². The predicted molar refractivity (Wildman–Crippen MR) is 130 cm³/mol. The highest BCUT2D eigenvalue weighted by Gasteiger charge is 2.20. The number of aromatic nitrogens is 2. The highest BCUT2D eigenvalue weighted by Crippen LogP contribution is 2.35. The van der Waals surface area contributed by atoms with Crippen molar-refractivity contribution in [1.29, 1.82) is 0 Å². The molecule has 0 bridgehead atoms. The van der Waals surface area contributed by atoms with Crippen LogP contribution in [0.3, 0.4) is 0 Å². The third-order valence-corrected chi connectivity index (χ3v) is 5.54. The summed E-state index contributed by atoms with van der Waals surface area (Å²) in [5, 5.41) is 7.46. The molecule has 9 nitrogen and oxygen atoms in total. The lowest BCUT2D eigenvalue weighted by Gasteiger charge is -2.22. The Balaban J connectivity index is 1.47. The zero-order chi connectivity index (χ0) is 24.3. The second-order valence-corrected chi connectivity index (χ2v) is 9.24. The van der Waals surface area contributed by atoms with Crippen molar-refractivity contribution in [3.8, 4) is 23.1 Å². The smallest absolute Gasteiger partial charge is 0.325 e. The Bertz CT molecular complexity index is 1340. The first-order valence-corrected chi connectivity index (χ1v) is 11.2. The van der Waals surface area contributed by atoms with Crippen molar-refractivity contribution in [2.75, 3.05) is 10.6 Å². The van der Waals surface area contributed by atoms with Crippen molar-refractivity contribution < 1.29 is 18.7 Å². The summed E-state index contributed by atoms with van der Waals surface area (Å²) in [4.78, 5) is 32.5. The zero-order valence-corrected chi connectivity index (χ0v) is 19.6. The van der Waals surface area contributed by atoms with E-state index in [1.807, 2.05) is 24.3 Å². The summed E-state index contributed by atoms with van der Waals surface area (Å²) in [6.45, 7) is 6.29. The third kappa shape index (κ3) is 5.24. The molecular weight excluding hydrogens is 454 g/mol. The van der Waals surface area contributed by atoms with Gasteiger partial charge in [-0.15, -0.1) is 11.3 Å². The molecule has 4 N–H and O–H groups in total. The fraction of sp³-hybridized carbons (Fsp3) is 0.167. The minimum absolute atomic E-state index is 0.134. The molecular formula is C24H23N5O4S. The molecule has 0 aliphatic rings. The Kier molecular flexibility index (Phi) is 6.33. The Morgan fingerprint density at radius 3 is 2.65 bits per heavy atom. The van der Waals surface area contributed by atoms with Crippen LogP contribution < -0.4 is 21.1 Å². The third-order valence-electron chi connectivity index (χ3n) is 4.78. The molecule has 0 atom stereocenters. The summed E-state index contributed by atoms with van der Waals surface area (Å²) in [7, 11) is 0. The molecule has 3 heterocycles. The van der Waals surface area contributed by atoms with Crippen LogP contribution in [-0.4, -0.2) is 21.9 Å². The summed E-state index contributed by atoms with van der Waals surface area (Å²) in [6, 6.07) is 12.1. The number of ether oxygens (including phenoxy) is 1. The fourth-order valence-corrected chi connectivity index (χ4v) is 3.84. The minimum atomic E-state index is -0.595. The van der Waals surface area contributed by atoms with Gasteiger partial charge < -0.3 is 20.2 Å². The molecule has 0 spiro atoms. The van der Waals surface area contributed by atoms with Gasteiger partial charge in [0.05, 0.1) is 5.56 Å². The van der Waals surface area contributed by atoms with Crippen LogP contribution in [-0.2, 0) is 5.41 Å². The molecule has 3 aromatic heterocycles. The fourth-order valence-electron chi connectivity index (χ4n) is 3.14. The van der Waals surface area contributed by atoms with E-state index in [2.05, 4.69) is 41.4 Å². The molecule has 0 unspecified atom stereocenters. The number of anilines is 2. The van der Waals surface area contributed by atoms with Gasteiger partial charge in [-0.25, -0.2) is 14.8 Å². The molecule has 0 fully saturated rings. The predicted octanol–water partition coefficient (Wildman–Crippen LogP) is 5.63. The van der Waals surface area contributed by atoms with Gasteiger partial charge in [0.25, 0.3) is 5.91 Å². The van der Waals surface area contributed by atoms with Gasteiger partial charge in [-0.1, -0.05) is 39.0 Å². The zero-order valence-electron chi connectivity index (χ0n) is 18.8. The van der Waals surface area contributed by atoms with Gasteiger partial charge in [-0.2, -0.15) is 0 Å². The molecule has 0 saturated heterocycles. The van der Waals surface area contributed by atoms with Crippen molar-refractivity contribution >= 4 is 34.1 Å². The number of carbonyl (C=O) groups is 2. The first kappa shape index (κ1) is 23.0. The first-order chi connectivity index (χ1) is 16.2. The van der Waals surface area contributed by atoms with Crippen LogP contribution in [0, 0.1) is 0 Å². The summed E-state index contributed by atoms with van der Waals surface area (Å²) >= 11 is 1.21. The quantitative estimate of drug-likeness (QED) is 0.330. The highest BCUT2D eigenvalue weighted by atomic mass is 32.1. The van der Waals surface area contributed by atoms with Crippen molar-refractivity contribution in [2.45, 2.75) is 26.2 Å². The monoisotopic (exact) mass is 477 g/mol. The van der Waals surface area contributed by atoms with E-state index in [9.17, 15) is 9.59 Å². The number of benzene rings is 1. The molecule has 10 heteroatoms. The topological polar surface area (TPSA) is 132 Å². The SMILES string of the molecule is CC(C)(C)c1ccccc1Oc1ncccc1NC(=O)Nc1nc(-c2cc(C(N)=O)co2)cs1. The van der Waals surface area contributed by atoms with Crippen molar-refractivity contribution in [2.24, 2.45) is 5.73 Å². The number of carbonyl (C=O) groups excluding carboxylic acids is 2. The maximum atomic E-state index is 12.6. The van der Waals surface area contributed by atoms with Crippen molar-refractivity contribution in [1.82, 2.24) is 9.97 Å². The molecule has 0 aliphatic carbocycles. The van der Waals surface area contributed by atoms with Gasteiger partial charge in [0.2, 0.25) is 5.88 Å². The Hall–Kier alpha value is -4.18. The van der Waals surface area contributed by atoms with Gasteiger partial charge in [-0.3, -0.25) is 10.1 Å². The van der Waals surface area contributed by atoms with Gasteiger partial charge in [0.1, 0.15) is 23.4 Å². The number of urea groups is 1. The van der Waals surface area contributed by atoms with Gasteiger partial charge >= 0.3 is 6.03 Å². The summed E-state index contributed by atoms with van der Waals surface area (Å²) in [5.74, 6) is 0.709. The van der Waals surface area contributed by atoms with Crippen LogP contribution in [0.4, 0.5) is 15.6 Å². The largest absolute Gasteiger partial charge is 0.462 e. The first-order valence-electron chi connectivity index (χ1n) is 10.4. The number of hydrogen-bond acceptors (Lipinski definition) is 7. The van der Waals surface area contributed by atoms with E-state index in [0.29, 0.717) is 28.0 Å². The average Bonchev–Trinajstić information content (AvgIpc) is 3.44. The lowest BCUT2D eigenvalue weighted by atomic mass is 9.86. The molecule has 0 radical (unpaired) electrons. The van der Waals surface area contributed by atoms with E-state index in [1.54, 1.807) is 23.7 Å². The standard InChI is InChI=1S/C24H23N5O4S/c1-24(2,3)15-7-4-5-9-18(15)33-21-16(8-6-10-26-21)27-22(31)29-23-28-17(13-34-23)19-11-14(12-32-19)20(25)30/h4-13H,1-3H3,(H2,25,30)(H2,27,28,29,31). The lowest BCUT2D eigenvalue weighted by molar-refractivity contribution is 0.0999. The van der Waals surface area contributed by atoms with Crippen LogP contribution in [0.25, 0.3) is 11.5 Å². The molecule has 34 heavy (non-hydrogen) atoms. The number of thiazole rings is 1. The number of furan rings is 1. The van der Waals surface area contributed by atoms with Crippen molar-refractivity contribution in [3.63, 3.8) is 0 Å². The number of para-hydroxylation sites is 1. The van der Waals surface area contributed by atoms with E-state index in [0.717, 1.165) is 5.56 Å². The maximum absolute atomic E-state index is 12.6. The van der Waals surface area contributed by atoms with Gasteiger partial charge in [-0.05, 0) is 29.7 Å². The van der Waals surface area contributed by atoms with Crippen LogP contribution in [0.15, 0.2) is 64.7 Å².